The molecule has 0 spiro atoms. The summed E-state index contributed by atoms with van der Waals surface area (Å²) >= 11 is 0. The van der Waals surface area contributed by atoms with Crippen LogP contribution in [0.15, 0.2) is 42.5 Å². The minimum atomic E-state index is -0.267. The van der Waals surface area contributed by atoms with Crippen LogP contribution in [-0.4, -0.2) is 49.6 Å². The third-order valence-electron chi connectivity index (χ3n) is 4.50. The van der Waals surface area contributed by atoms with Crippen molar-refractivity contribution in [2.75, 3.05) is 38.2 Å². The smallest absolute Gasteiger partial charge is 0.243 e. The van der Waals surface area contributed by atoms with Crippen LogP contribution in [0.5, 0.6) is 17.2 Å². The predicted molar refractivity (Wildman–Crippen MR) is 110 cm³/mol. The van der Waals surface area contributed by atoms with E-state index in [4.69, 9.17) is 14.2 Å². The van der Waals surface area contributed by atoms with Crippen LogP contribution in [0.25, 0.3) is 0 Å². The van der Waals surface area contributed by atoms with Crippen molar-refractivity contribution in [2.24, 2.45) is 0 Å². The van der Waals surface area contributed by atoms with Crippen molar-refractivity contribution in [3.05, 3.63) is 48.0 Å². The van der Waals surface area contributed by atoms with Crippen molar-refractivity contribution < 1.29 is 23.8 Å². The van der Waals surface area contributed by atoms with Crippen molar-refractivity contribution in [3.8, 4) is 17.2 Å². The Labute approximate surface area is 170 Å². The van der Waals surface area contributed by atoms with E-state index in [1.807, 2.05) is 38.1 Å². The van der Waals surface area contributed by atoms with Crippen LogP contribution >= 0.6 is 0 Å². The molecule has 0 saturated carbocycles. The number of fused-ring (bicyclic) bond motifs is 1. The van der Waals surface area contributed by atoms with Crippen LogP contribution in [0.2, 0.25) is 0 Å². The third-order valence-corrected chi connectivity index (χ3v) is 4.50. The van der Waals surface area contributed by atoms with Gasteiger partial charge >= 0.3 is 0 Å². The van der Waals surface area contributed by atoms with Crippen molar-refractivity contribution in [1.82, 2.24) is 4.90 Å². The summed E-state index contributed by atoms with van der Waals surface area (Å²) in [5, 5.41) is 2.80. The maximum Gasteiger partial charge on any atom is 0.243 e. The molecule has 3 rings (SSSR count). The van der Waals surface area contributed by atoms with Gasteiger partial charge in [-0.1, -0.05) is 17.7 Å². The van der Waals surface area contributed by atoms with Crippen LogP contribution in [0.3, 0.4) is 0 Å². The Balaban J connectivity index is 1.47. The molecule has 1 heterocycles. The number of carbonyl (C=O) groups excluding carboxylic acids is 2. The highest BCUT2D eigenvalue weighted by Gasteiger charge is 2.17. The fourth-order valence-electron chi connectivity index (χ4n) is 2.92. The van der Waals surface area contributed by atoms with E-state index >= 15 is 0 Å². The number of rotatable bonds is 8. The summed E-state index contributed by atoms with van der Waals surface area (Å²) in [4.78, 5) is 26.3. The average Bonchev–Trinajstić information content (AvgIpc) is 2.73. The number of likely N-dealkylation sites (N-methyl/N-ethyl adjacent to an activating group) is 1. The summed E-state index contributed by atoms with van der Waals surface area (Å²) in [6.45, 7) is 5.53. The zero-order valence-corrected chi connectivity index (χ0v) is 16.8. The standard InChI is InChI=1S/C22H26N2O5/c1-3-24(22(26)10-11-27-18-7-4-16(2)5-8-18)15-21(25)23-17-6-9-19-20(14-17)29-13-12-28-19/h4-9,14H,3,10-13,15H2,1-2H3,(H,23,25). The largest absolute Gasteiger partial charge is 0.493 e. The molecule has 0 bridgehead atoms. The van der Waals surface area contributed by atoms with Gasteiger partial charge in [0.2, 0.25) is 11.8 Å². The van der Waals surface area contributed by atoms with E-state index in [-0.39, 0.29) is 31.4 Å². The van der Waals surface area contributed by atoms with Crippen LogP contribution in [0.1, 0.15) is 18.9 Å². The third kappa shape index (κ3) is 5.88. The predicted octanol–water partition coefficient (Wildman–Crippen LogP) is 3.02. The van der Waals surface area contributed by atoms with Gasteiger partial charge in [-0.3, -0.25) is 9.59 Å². The van der Waals surface area contributed by atoms with E-state index in [0.29, 0.717) is 36.9 Å². The lowest BCUT2D eigenvalue weighted by Gasteiger charge is -2.21. The number of amides is 2. The van der Waals surface area contributed by atoms with Gasteiger partial charge < -0.3 is 24.4 Å². The highest BCUT2D eigenvalue weighted by molar-refractivity contribution is 5.94. The molecule has 0 atom stereocenters. The molecular formula is C22H26N2O5. The summed E-state index contributed by atoms with van der Waals surface area (Å²) in [5.74, 6) is 1.59. The average molecular weight is 398 g/mol. The molecule has 2 amide bonds. The highest BCUT2D eigenvalue weighted by Crippen LogP contribution is 2.32. The van der Waals surface area contributed by atoms with E-state index in [0.717, 1.165) is 11.3 Å². The lowest BCUT2D eigenvalue weighted by molar-refractivity contribution is -0.134. The number of ether oxygens (including phenoxy) is 3. The Kier molecular flexibility index (Phi) is 6.94. The molecule has 0 unspecified atom stereocenters. The number of nitrogens with zero attached hydrogens (tertiary/aromatic N) is 1. The SMILES string of the molecule is CCN(CC(=O)Nc1ccc2c(c1)OCCO2)C(=O)CCOc1ccc(C)cc1. The minimum absolute atomic E-state index is 0.0195. The van der Waals surface area contributed by atoms with Crippen molar-refractivity contribution in [3.63, 3.8) is 0 Å². The summed E-state index contributed by atoms with van der Waals surface area (Å²) in [5.41, 5.74) is 1.75. The van der Waals surface area contributed by atoms with Gasteiger partial charge in [0, 0.05) is 18.3 Å². The van der Waals surface area contributed by atoms with Gasteiger partial charge in [-0.15, -0.1) is 0 Å². The van der Waals surface area contributed by atoms with Gasteiger partial charge in [0.25, 0.3) is 0 Å². The number of aryl methyl sites for hydroxylation is 1. The molecule has 29 heavy (non-hydrogen) atoms. The summed E-state index contributed by atoms with van der Waals surface area (Å²) in [7, 11) is 0. The highest BCUT2D eigenvalue weighted by atomic mass is 16.6. The number of hydrogen-bond acceptors (Lipinski definition) is 5. The summed E-state index contributed by atoms with van der Waals surface area (Å²) in [6, 6.07) is 12.9. The Morgan fingerprint density at radius 1 is 1.07 bits per heavy atom. The molecule has 7 heteroatoms. The van der Waals surface area contributed by atoms with Crippen molar-refractivity contribution in [2.45, 2.75) is 20.3 Å². The molecule has 2 aromatic rings. The molecule has 7 nitrogen and oxygen atoms in total. The van der Waals surface area contributed by atoms with Gasteiger partial charge in [0.1, 0.15) is 19.0 Å². The second-order valence-corrected chi connectivity index (χ2v) is 6.73. The lowest BCUT2D eigenvalue weighted by atomic mass is 10.2. The van der Waals surface area contributed by atoms with E-state index in [1.54, 1.807) is 18.2 Å². The Bertz CT molecular complexity index is 851. The number of carbonyl (C=O) groups is 2. The Morgan fingerprint density at radius 2 is 1.79 bits per heavy atom. The first-order chi connectivity index (χ1) is 14.0. The number of hydrogen-bond donors (Lipinski definition) is 1. The normalized spacial score (nSPS) is 12.2. The topological polar surface area (TPSA) is 77.1 Å². The fraction of sp³-hybridized carbons (Fsp3) is 0.364. The molecule has 2 aromatic carbocycles. The maximum atomic E-state index is 12.4. The van der Waals surface area contributed by atoms with Crippen LogP contribution in [-0.2, 0) is 9.59 Å². The zero-order valence-electron chi connectivity index (χ0n) is 16.8. The van der Waals surface area contributed by atoms with Crippen molar-refractivity contribution >= 4 is 17.5 Å². The number of anilines is 1. The second-order valence-electron chi connectivity index (χ2n) is 6.73. The first-order valence-electron chi connectivity index (χ1n) is 9.72. The fourth-order valence-corrected chi connectivity index (χ4v) is 2.92. The Morgan fingerprint density at radius 3 is 2.52 bits per heavy atom. The summed E-state index contributed by atoms with van der Waals surface area (Å²) in [6.07, 6.45) is 0.207. The van der Waals surface area contributed by atoms with Gasteiger partial charge in [-0.25, -0.2) is 0 Å². The quantitative estimate of drug-likeness (QED) is 0.740. The molecule has 154 valence electrons. The van der Waals surface area contributed by atoms with E-state index < -0.39 is 0 Å². The Hall–Kier alpha value is -3.22. The van der Waals surface area contributed by atoms with Crippen LogP contribution < -0.4 is 19.5 Å². The molecule has 0 aromatic heterocycles. The second kappa shape index (κ2) is 9.82. The first kappa shape index (κ1) is 20.5. The van der Waals surface area contributed by atoms with Gasteiger partial charge in [0.05, 0.1) is 19.6 Å². The first-order valence-corrected chi connectivity index (χ1v) is 9.72. The molecule has 0 aliphatic carbocycles. The monoisotopic (exact) mass is 398 g/mol. The van der Waals surface area contributed by atoms with Gasteiger partial charge in [0.15, 0.2) is 11.5 Å². The minimum Gasteiger partial charge on any atom is -0.493 e. The van der Waals surface area contributed by atoms with Crippen LogP contribution in [0, 0.1) is 6.92 Å². The molecule has 0 saturated heterocycles. The van der Waals surface area contributed by atoms with Gasteiger partial charge in [-0.05, 0) is 38.1 Å². The van der Waals surface area contributed by atoms with E-state index in [9.17, 15) is 9.59 Å². The zero-order chi connectivity index (χ0) is 20.6. The molecule has 1 N–H and O–H groups in total. The molecule has 1 aliphatic rings. The maximum absolute atomic E-state index is 12.4. The van der Waals surface area contributed by atoms with Crippen LogP contribution in [0.4, 0.5) is 5.69 Å². The van der Waals surface area contributed by atoms with Crippen molar-refractivity contribution in [1.29, 1.82) is 0 Å². The number of benzene rings is 2. The van der Waals surface area contributed by atoms with Gasteiger partial charge in [-0.2, -0.15) is 0 Å². The molecule has 1 aliphatic heterocycles. The molecular weight excluding hydrogens is 372 g/mol. The van der Waals surface area contributed by atoms with E-state index in [1.165, 1.54) is 4.90 Å². The lowest BCUT2D eigenvalue weighted by Crippen LogP contribution is -2.38. The summed E-state index contributed by atoms with van der Waals surface area (Å²) < 4.78 is 16.6. The molecule has 0 fully saturated rings. The number of nitrogens with one attached hydrogen (secondary N) is 1. The molecule has 0 radical (unpaired) electrons. The van der Waals surface area contributed by atoms with E-state index in [2.05, 4.69) is 5.32 Å².